The molecule has 1 amide bonds. The Bertz CT molecular complexity index is 507. The van der Waals surface area contributed by atoms with Crippen molar-refractivity contribution in [3.05, 3.63) is 35.7 Å². The van der Waals surface area contributed by atoms with Gasteiger partial charge in [0.05, 0.1) is 0 Å². The molecule has 0 radical (unpaired) electrons. The Balaban J connectivity index is 2.00. The van der Waals surface area contributed by atoms with E-state index in [4.69, 9.17) is 5.11 Å². The van der Waals surface area contributed by atoms with Crippen molar-refractivity contribution in [2.75, 3.05) is 6.54 Å². The van der Waals surface area contributed by atoms with Crippen LogP contribution in [0.3, 0.4) is 0 Å². The van der Waals surface area contributed by atoms with E-state index < -0.39 is 5.97 Å². The number of carbonyl (C=O) groups is 2. The number of hydrogen-bond donors (Lipinski definition) is 2. The van der Waals surface area contributed by atoms with E-state index in [0.717, 1.165) is 18.4 Å². The van der Waals surface area contributed by atoms with Crippen molar-refractivity contribution >= 4 is 18.0 Å². The summed E-state index contributed by atoms with van der Waals surface area (Å²) < 4.78 is 0. The van der Waals surface area contributed by atoms with Crippen LogP contribution in [0.5, 0.6) is 0 Å². The summed E-state index contributed by atoms with van der Waals surface area (Å²) in [5.41, 5.74) is 0.956. The van der Waals surface area contributed by atoms with Crippen LogP contribution >= 0.6 is 0 Å². The van der Waals surface area contributed by atoms with E-state index in [1.807, 2.05) is 0 Å². The molecule has 1 aromatic rings. The Labute approximate surface area is 111 Å². The molecule has 5 nitrogen and oxygen atoms in total. The molecule has 100 valence electrons. The lowest BCUT2D eigenvalue weighted by molar-refractivity contribution is -0.131. The van der Waals surface area contributed by atoms with E-state index in [1.165, 1.54) is 31.3 Å². The molecule has 0 bridgehead atoms. The van der Waals surface area contributed by atoms with Crippen molar-refractivity contribution < 1.29 is 14.7 Å². The van der Waals surface area contributed by atoms with Gasteiger partial charge in [-0.3, -0.25) is 9.78 Å². The van der Waals surface area contributed by atoms with Crippen molar-refractivity contribution in [2.24, 2.45) is 5.92 Å². The van der Waals surface area contributed by atoms with Gasteiger partial charge in [-0.2, -0.15) is 0 Å². The van der Waals surface area contributed by atoms with Crippen LogP contribution in [0, 0.1) is 5.92 Å². The first-order valence-corrected chi connectivity index (χ1v) is 6.30. The maximum absolute atomic E-state index is 12.0. The molecular formula is C14H16N2O3. The van der Waals surface area contributed by atoms with E-state index in [-0.39, 0.29) is 5.91 Å². The van der Waals surface area contributed by atoms with Crippen molar-refractivity contribution in [3.8, 4) is 0 Å². The Morgan fingerprint density at radius 1 is 1.47 bits per heavy atom. The number of aromatic nitrogens is 1. The topological polar surface area (TPSA) is 79.3 Å². The molecule has 5 heteroatoms. The molecule has 1 heterocycles. The van der Waals surface area contributed by atoms with Crippen LogP contribution in [0.4, 0.5) is 0 Å². The molecule has 0 saturated heterocycles. The summed E-state index contributed by atoms with van der Waals surface area (Å²) in [6.45, 7) is 0.661. The van der Waals surface area contributed by atoms with Gasteiger partial charge in [-0.1, -0.05) is 12.8 Å². The summed E-state index contributed by atoms with van der Waals surface area (Å²) in [7, 11) is 0. The third-order valence-electron chi connectivity index (χ3n) is 3.04. The first-order valence-electron chi connectivity index (χ1n) is 6.30. The molecule has 19 heavy (non-hydrogen) atoms. The first kappa shape index (κ1) is 13.3. The van der Waals surface area contributed by atoms with E-state index in [0.29, 0.717) is 17.7 Å². The molecule has 0 atom stereocenters. The van der Waals surface area contributed by atoms with E-state index in [1.54, 1.807) is 6.07 Å². The number of carboxylic acids is 1. The maximum Gasteiger partial charge on any atom is 0.328 e. The monoisotopic (exact) mass is 260 g/mol. The summed E-state index contributed by atoms with van der Waals surface area (Å²) >= 11 is 0. The predicted octanol–water partition coefficient (Wildman–Crippen LogP) is 1.71. The summed E-state index contributed by atoms with van der Waals surface area (Å²) in [5, 5.41) is 11.5. The molecule has 2 N–H and O–H groups in total. The van der Waals surface area contributed by atoms with Gasteiger partial charge in [0.25, 0.3) is 5.91 Å². The Morgan fingerprint density at radius 2 is 2.26 bits per heavy atom. The SMILES string of the molecule is O=C(O)C=Cc1cnccc1C(=O)NCCC1CC1. The lowest BCUT2D eigenvalue weighted by Gasteiger charge is -2.06. The highest BCUT2D eigenvalue weighted by Gasteiger charge is 2.20. The minimum Gasteiger partial charge on any atom is -0.478 e. The molecule has 0 spiro atoms. The van der Waals surface area contributed by atoms with Gasteiger partial charge in [-0.15, -0.1) is 0 Å². The Kier molecular flexibility index (Phi) is 4.28. The molecule has 1 fully saturated rings. The first-order chi connectivity index (χ1) is 9.16. The van der Waals surface area contributed by atoms with Crippen LogP contribution < -0.4 is 5.32 Å². The normalized spacial score (nSPS) is 14.5. The predicted molar refractivity (Wildman–Crippen MR) is 70.6 cm³/mol. The number of pyridine rings is 1. The molecule has 1 aromatic heterocycles. The number of amides is 1. The summed E-state index contributed by atoms with van der Waals surface area (Å²) in [6.07, 6.45) is 8.92. The number of nitrogens with zero attached hydrogens (tertiary/aromatic N) is 1. The largest absolute Gasteiger partial charge is 0.478 e. The van der Waals surface area contributed by atoms with Crippen molar-refractivity contribution in [1.82, 2.24) is 10.3 Å². The third kappa shape index (κ3) is 4.21. The Hall–Kier alpha value is -2.17. The van der Waals surface area contributed by atoms with Gasteiger partial charge in [-0.25, -0.2) is 4.79 Å². The highest BCUT2D eigenvalue weighted by molar-refractivity contribution is 5.98. The van der Waals surface area contributed by atoms with Crippen molar-refractivity contribution in [1.29, 1.82) is 0 Å². The van der Waals surface area contributed by atoms with Crippen LogP contribution in [-0.4, -0.2) is 28.5 Å². The van der Waals surface area contributed by atoms with Crippen LogP contribution in [0.25, 0.3) is 6.08 Å². The quantitative estimate of drug-likeness (QED) is 0.763. The third-order valence-corrected chi connectivity index (χ3v) is 3.04. The number of aliphatic carboxylic acids is 1. The van der Waals surface area contributed by atoms with Crippen molar-refractivity contribution in [3.63, 3.8) is 0 Å². The fourth-order valence-electron chi connectivity index (χ4n) is 1.80. The number of carboxylic acid groups (broad SMARTS) is 1. The maximum atomic E-state index is 12.0. The molecule has 1 aliphatic carbocycles. The average Bonchev–Trinajstić information content (AvgIpc) is 3.20. The molecule has 0 unspecified atom stereocenters. The second-order valence-electron chi connectivity index (χ2n) is 4.62. The Morgan fingerprint density at radius 3 is 2.95 bits per heavy atom. The van der Waals surface area contributed by atoms with Gasteiger partial charge in [-0.05, 0) is 24.5 Å². The zero-order chi connectivity index (χ0) is 13.7. The molecule has 1 saturated carbocycles. The van der Waals surface area contributed by atoms with E-state index >= 15 is 0 Å². The van der Waals surface area contributed by atoms with E-state index in [9.17, 15) is 9.59 Å². The van der Waals surface area contributed by atoms with Crippen LogP contribution in [0.15, 0.2) is 24.5 Å². The standard InChI is InChI=1S/C14H16N2O3/c17-13(18)4-3-11-9-15-7-6-12(11)14(19)16-8-5-10-1-2-10/h3-4,6-7,9-10H,1-2,5,8H2,(H,16,19)(H,17,18). The van der Waals surface area contributed by atoms with Crippen LogP contribution in [-0.2, 0) is 4.79 Å². The number of hydrogen-bond acceptors (Lipinski definition) is 3. The number of carbonyl (C=O) groups excluding carboxylic acids is 1. The molecule has 0 aromatic carbocycles. The lowest BCUT2D eigenvalue weighted by Crippen LogP contribution is -2.25. The fraction of sp³-hybridized carbons (Fsp3) is 0.357. The second-order valence-corrected chi connectivity index (χ2v) is 4.62. The zero-order valence-electron chi connectivity index (χ0n) is 10.5. The number of nitrogens with one attached hydrogen (secondary N) is 1. The van der Waals surface area contributed by atoms with Gasteiger partial charge in [0.1, 0.15) is 0 Å². The smallest absolute Gasteiger partial charge is 0.328 e. The van der Waals surface area contributed by atoms with Gasteiger partial charge in [0.15, 0.2) is 0 Å². The highest BCUT2D eigenvalue weighted by Crippen LogP contribution is 2.31. The van der Waals surface area contributed by atoms with E-state index in [2.05, 4.69) is 10.3 Å². The molecule has 2 rings (SSSR count). The molecule has 1 aliphatic rings. The second kappa shape index (κ2) is 6.13. The number of rotatable bonds is 6. The molecular weight excluding hydrogens is 244 g/mol. The van der Waals surface area contributed by atoms with Gasteiger partial charge < -0.3 is 10.4 Å². The van der Waals surface area contributed by atoms with Gasteiger partial charge >= 0.3 is 5.97 Å². The van der Waals surface area contributed by atoms with Crippen LogP contribution in [0.2, 0.25) is 0 Å². The highest BCUT2D eigenvalue weighted by atomic mass is 16.4. The zero-order valence-corrected chi connectivity index (χ0v) is 10.5. The minimum atomic E-state index is -1.05. The summed E-state index contributed by atoms with van der Waals surface area (Å²) in [5.74, 6) is -0.471. The molecule has 0 aliphatic heterocycles. The van der Waals surface area contributed by atoms with Crippen molar-refractivity contribution in [2.45, 2.75) is 19.3 Å². The summed E-state index contributed by atoms with van der Waals surface area (Å²) in [4.78, 5) is 26.4. The summed E-state index contributed by atoms with van der Waals surface area (Å²) in [6, 6.07) is 1.59. The fourth-order valence-corrected chi connectivity index (χ4v) is 1.80. The lowest BCUT2D eigenvalue weighted by atomic mass is 10.1. The average molecular weight is 260 g/mol. The minimum absolute atomic E-state index is 0.187. The van der Waals surface area contributed by atoms with Gasteiger partial charge in [0, 0.05) is 36.1 Å². The van der Waals surface area contributed by atoms with Gasteiger partial charge in [0.2, 0.25) is 0 Å². The van der Waals surface area contributed by atoms with Crippen LogP contribution in [0.1, 0.15) is 35.2 Å².